The number of hydrogen-bond donors (Lipinski definition) is 3. The Morgan fingerprint density at radius 3 is 2.13 bits per heavy atom. The highest BCUT2D eigenvalue weighted by atomic mass is 35.5. The van der Waals surface area contributed by atoms with Crippen molar-refractivity contribution in [3.8, 4) is 33.9 Å². The van der Waals surface area contributed by atoms with Gasteiger partial charge in [-0.1, -0.05) is 65.7 Å². The summed E-state index contributed by atoms with van der Waals surface area (Å²) in [6.07, 6.45) is 4.84. The number of benzene rings is 4. The van der Waals surface area contributed by atoms with Crippen molar-refractivity contribution in [2.45, 2.75) is 18.8 Å². The normalized spacial score (nSPS) is 12.3. The lowest BCUT2D eigenvalue weighted by atomic mass is 9.79. The number of carbonyl (C=O) groups is 2. The summed E-state index contributed by atoms with van der Waals surface area (Å²) in [6.45, 7) is 2.83. The average Bonchev–Trinajstić information content (AvgIpc) is 3.84. The number of hydrogen-bond acceptors (Lipinski definition) is 8. The maximum atomic E-state index is 14.8. The second-order valence-electron chi connectivity index (χ2n) is 12.5. The van der Waals surface area contributed by atoms with E-state index in [-0.39, 0.29) is 0 Å². The minimum atomic E-state index is -1.15. The van der Waals surface area contributed by atoms with Crippen molar-refractivity contribution < 1.29 is 23.5 Å². The van der Waals surface area contributed by atoms with E-state index >= 15 is 0 Å². The molecular weight excluding hydrogens is 715 g/mol. The molecule has 0 radical (unpaired) electrons. The number of oxazole rings is 1. The van der Waals surface area contributed by atoms with Crippen LogP contribution in [-0.4, -0.2) is 66.3 Å². The van der Waals surface area contributed by atoms with Crippen molar-refractivity contribution in [2.75, 3.05) is 45.0 Å². The quantitative estimate of drug-likeness (QED) is 0.101. The molecule has 2 atom stereocenters. The number of rotatable bonds is 14. The van der Waals surface area contributed by atoms with Gasteiger partial charge in [0.1, 0.15) is 18.1 Å². The fraction of sp³-hybridized carbons (Fsp3) is 0.200. The first-order valence-electron chi connectivity index (χ1n) is 16.7. The minimum absolute atomic E-state index is 0.309. The number of nitrogens with one attached hydrogen (secondary N) is 3. The van der Waals surface area contributed by atoms with Gasteiger partial charge in [0, 0.05) is 40.1 Å². The molecule has 0 aliphatic carbocycles. The highest BCUT2D eigenvalue weighted by Gasteiger charge is 2.39. The van der Waals surface area contributed by atoms with Gasteiger partial charge in [0.25, 0.3) is 0 Å². The zero-order valence-corrected chi connectivity index (χ0v) is 31.0. The van der Waals surface area contributed by atoms with Crippen LogP contribution in [-0.2, 0) is 9.59 Å². The summed E-state index contributed by atoms with van der Waals surface area (Å²) < 4.78 is 17.5. The van der Waals surface area contributed by atoms with Crippen LogP contribution in [0.3, 0.4) is 0 Å². The van der Waals surface area contributed by atoms with E-state index in [0.717, 1.165) is 11.1 Å². The van der Waals surface area contributed by atoms with Gasteiger partial charge in [0.05, 0.1) is 42.1 Å². The van der Waals surface area contributed by atoms with Gasteiger partial charge in [-0.3, -0.25) is 14.7 Å². The van der Waals surface area contributed by atoms with Gasteiger partial charge in [-0.25, -0.2) is 4.98 Å². The van der Waals surface area contributed by atoms with Gasteiger partial charge in [-0.2, -0.15) is 5.10 Å². The second kappa shape index (κ2) is 16.8. The lowest BCUT2D eigenvalue weighted by Crippen LogP contribution is -2.34. The molecular formula is C40H38Cl2N6O5. The number of methoxy groups -OCH3 is 1. The first kappa shape index (κ1) is 37.1. The SMILES string of the molecule is COc1cc(NC(=O)C(c2ccccc2Cl)C(C(=O)Nc2ccc(-c3cn[nH]c3)cc2OCCN(C)C)c2ccccc2Cl)ccc1-c1ocnc1C. The largest absolute Gasteiger partial charge is 0.496 e. The van der Waals surface area contributed by atoms with Crippen LogP contribution in [0.4, 0.5) is 11.4 Å². The molecule has 4 aromatic carbocycles. The molecule has 6 aromatic rings. The number of carbonyl (C=O) groups excluding carboxylic acids is 2. The summed E-state index contributed by atoms with van der Waals surface area (Å²) in [4.78, 5) is 35.6. The van der Waals surface area contributed by atoms with Gasteiger partial charge < -0.3 is 29.4 Å². The Morgan fingerprint density at radius 2 is 1.55 bits per heavy atom. The first-order valence-corrected chi connectivity index (χ1v) is 17.5. The number of amides is 2. The molecule has 53 heavy (non-hydrogen) atoms. The van der Waals surface area contributed by atoms with E-state index in [1.165, 1.54) is 13.5 Å². The van der Waals surface area contributed by atoms with E-state index in [2.05, 4.69) is 25.8 Å². The lowest BCUT2D eigenvalue weighted by Gasteiger charge is -2.28. The first-order chi connectivity index (χ1) is 25.6. The van der Waals surface area contributed by atoms with E-state index in [1.807, 2.05) is 38.1 Å². The van der Waals surface area contributed by atoms with Crippen molar-refractivity contribution in [2.24, 2.45) is 0 Å². The third kappa shape index (κ3) is 8.55. The van der Waals surface area contributed by atoms with Crippen LogP contribution in [0.2, 0.25) is 10.0 Å². The fourth-order valence-electron chi connectivity index (χ4n) is 6.02. The van der Waals surface area contributed by atoms with Crippen molar-refractivity contribution in [1.82, 2.24) is 20.1 Å². The molecule has 0 fully saturated rings. The molecule has 13 heteroatoms. The van der Waals surface area contributed by atoms with Crippen LogP contribution in [0.5, 0.6) is 11.5 Å². The molecule has 0 aliphatic heterocycles. The highest BCUT2D eigenvalue weighted by molar-refractivity contribution is 6.32. The monoisotopic (exact) mass is 752 g/mol. The van der Waals surface area contributed by atoms with Gasteiger partial charge in [0.2, 0.25) is 11.8 Å². The predicted octanol–water partition coefficient (Wildman–Crippen LogP) is 8.44. The van der Waals surface area contributed by atoms with Crippen molar-refractivity contribution in [1.29, 1.82) is 0 Å². The summed E-state index contributed by atoms with van der Waals surface area (Å²) >= 11 is 13.6. The molecule has 3 N–H and O–H groups in total. The molecule has 2 unspecified atom stereocenters. The van der Waals surface area contributed by atoms with Crippen LogP contribution in [0.25, 0.3) is 22.5 Å². The maximum absolute atomic E-state index is 14.8. The number of aryl methyl sites for hydroxylation is 1. The molecule has 2 aromatic heterocycles. The van der Waals surface area contributed by atoms with Gasteiger partial charge >= 0.3 is 0 Å². The van der Waals surface area contributed by atoms with Crippen molar-refractivity contribution in [3.05, 3.63) is 131 Å². The third-order valence-corrected chi connectivity index (χ3v) is 9.39. The highest BCUT2D eigenvalue weighted by Crippen LogP contribution is 2.42. The predicted molar refractivity (Wildman–Crippen MR) is 207 cm³/mol. The lowest BCUT2D eigenvalue weighted by molar-refractivity contribution is -0.124. The average molecular weight is 754 g/mol. The summed E-state index contributed by atoms with van der Waals surface area (Å²) in [5, 5.41) is 13.6. The summed E-state index contributed by atoms with van der Waals surface area (Å²) in [6, 6.07) is 24.6. The maximum Gasteiger partial charge on any atom is 0.233 e. The number of nitrogens with zero attached hydrogens (tertiary/aromatic N) is 3. The Morgan fingerprint density at radius 1 is 0.868 bits per heavy atom. The molecule has 0 aliphatic rings. The molecule has 0 bridgehead atoms. The molecule has 6 rings (SSSR count). The summed E-state index contributed by atoms with van der Waals surface area (Å²) in [5.41, 5.74) is 4.76. The van der Waals surface area contributed by atoms with Crippen LogP contribution >= 0.6 is 23.2 Å². The molecule has 0 spiro atoms. The molecule has 0 saturated heterocycles. The van der Waals surface area contributed by atoms with Crippen LogP contribution < -0.4 is 20.1 Å². The number of likely N-dealkylation sites (N-methyl/N-ethyl adjacent to an activating group) is 1. The van der Waals surface area contributed by atoms with Crippen LogP contribution in [0.1, 0.15) is 28.7 Å². The van der Waals surface area contributed by atoms with Gasteiger partial charge in [0.15, 0.2) is 12.2 Å². The zero-order valence-electron chi connectivity index (χ0n) is 29.5. The van der Waals surface area contributed by atoms with Crippen LogP contribution in [0.15, 0.2) is 108 Å². The number of H-pyrrole nitrogens is 1. The number of aromatic amines is 1. The van der Waals surface area contributed by atoms with Crippen LogP contribution in [0, 0.1) is 6.92 Å². The molecule has 2 amide bonds. The van der Waals surface area contributed by atoms with E-state index in [9.17, 15) is 9.59 Å². The van der Waals surface area contributed by atoms with E-state index in [4.69, 9.17) is 37.1 Å². The number of anilines is 2. The summed E-state index contributed by atoms with van der Waals surface area (Å²) in [5.74, 6) is -1.84. The minimum Gasteiger partial charge on any atom is -0.496 e. The topological polar surface area (TPSA) is 135 Å². The molecule has 0 saturated carbocycles. The van der Waals surface area contributed by atoms with E-state index in [0.29, 0.717) is 74.2 Å². The Kier molecular flexibility index (Phi) is 11.8. The van der Waals surface area contributed by atoms with Gasteiger partial charge in [-0.15, -0.1) is 0 Å². The standard InChI is InChI=1S/C40H38Cl2N6O5/c1-24-38(53-23-43-24)30-15-14-27(20-34(30)51-4)46-39(49)36(28-9-5-7-11-31(28)41)37(29-10-6-8-12-32(29)42)40(50)47-33-16-13-25(26-21-44-45-22-26)19-35(33)52-18-17-48(2)3/h5-16,19-23,36-37H,17-18H2,1-4H3,(H,44,45)(H,46,49)(H,47,50). The fourth-order valence-corrected chi connectivity index (χ4v) is 6.52. The Balaban J connectivity index is 1.41. The number of aromatic nitrogens is 3. The molecule has 272 valence electrons. The zero-order chi connectivity index (χ0) is 37.5. The summed E-state index contributed by atoms with van der Waals surface area (Å²) in [7, 11) is 5.43. The number of halogens is 2. The third-order valence-electron chi connectivity index (χ3n) is 8.71. The smallest absolute Gasteiger partial charge is 0.233 e. The van der Waals surface area contributed by atoms with E-state index < -0.39 is 23.7 Å². The number of ether oxygens (including phenoxy) is 2. The van der Waals surface area contributed by atoms with Crippen molar-refractivity contribution >= 4 is 46.4 Å². The second-order valence-corrected chi connectivity index (χ2v) is 13.3. The Labute approximate surface area is 317 Å². The Hall–Kier alpha value is -5.62. The molecule has 2 heterocycles. The molecule has 11 nitrogen and oxygen atoms in total. The van der Waals surface area contributed by atoms with E-state index in [1.54, 1.807) is 85.2 Å². The Bertz CT molecular complexity index is 2200. The van der Waals surface area contributed by atoms with Gasteiger partial charge in [-0.05, 0) is 74.1 Å². The van der Waals surface area contributed by atoms with Crippen molar-refractivity contribution in [3.63, 3.8) is 0 Å².